The van der Waals surface area contributed by atoms with Crippen molar-refractivity contribution in [3.63, 3.8) is 0 Å². The van der Waals surface area contributed by atoms with Crippen molar-refractivity contribution >= 4 is 52.4 Å². The van der Waals surface area contributed by atoms with E-state index in [0.717, 1.165) is 84.7 Å². The number of ether oxygens (including phenoxy) is 3. The summed E-state index contributed by atoms with van der Waals surface area (Å²) in [5.74, 6) is -0.634. The highest BCUT2D eigenvalue weighted by Crippen LogP contribution is 2.36. The van der Waals surface area contributed by atoms with Crippen molar-refractivity contribution in [1.29, 1.82) is 0 Å². The van der Waals surface area contributed by atoms with Crippen molar-refractivity contribution in [1.82, 2.24) is 34.7 Å². The Hall–Kier alpha value is -6.71. The van der Waals surface area contributed by atoms with Crippen molar-refractivity contribution in [2.45, 2.75) is 50.6 Å². The molecule has 20 heteroatoms. The third-order valence-corrected chi connectivity index (χ3v) is 12.7. The lowest BCUT2D eigenvalue weighted by molar-refractivity contribution is -0.136. The Kier molecular flexibility index (Phi) is 15.2. The maximum absolute atomic E-state index is 14.1. The lowest BCUT2D eigenvalue weighted by Gasteiger charge is -2.35. The second kappa shape index (κ2) is 22.1. The lowest BCUT2D eigenvalue weighted by atomic mass is 10.0. The third kappa shape index (κ3) is 11.3. The number of fused-ring (bicyclic) bond motifs is 2. The first kappa shape index (κ1) is 47.4. The predicted molar refractivity (Wildman–Crippen MR) is 250 cm³/mol. The number of nitrogens with one attached hydrogen (secondary N) is 2. The lowest BCUT2D eigenvalue weighted by Crippen LogP contribution is -2.54. The smallest absolute Gasteiger partial charge is 0.262 e. The van der Waals surface area contributed by atoms with Crippen LogP contribution in [0.2, 0.25) is 0 Å². The number of imidazole rings is 1. The second-order valence-electron chi connectivity index (χ2n) is 17.3. The zero-order valence-corrected chi connectivity index (χ0v) is 38.2. The molecule has 19 nitrogen and oxygen atoms in total. The summed E-state index contributed by atoms with van der Waals surface area (Å²) < 4.78 is 32.7. The molecule has 0 radical (unpaired) electrons. The van der Waals surface area contributed by atoms with Crippen LogP contribution in [0.3, 0.4) is 0 Å². The number of hydrogen-bond donors (Lipinski definition) is 2. The van der Waals surface area contributed by atoms with E-state index in [1.165, 1.54) is 18.2 Å². The van der Waals surface area contributed by atoms with Gasteiger partial charge >= 0.3 is 0 Å². The fraction of sp³-hybridized carbons (Fsp3) is 0.429. The molecule has 0 saturated carbocycles. The number of piperidine rings is 1. The molecule has 4 amide bonds. The Labute approximate surface area is 397 Å². The van der Waals surface area contributed by atoms with Crippen LogP contribution < -0.4 is 20.6 Å². The number of nitrogens with zero attached hydrogens (tertiary/aromatic N) is 8. The first-order chi connectivity index (χ1) is 33.7. The van der Waals surface area contributed by atoms with Crippen LogP contribution in [-0.4, -0.2) is 150 Å². The molecule has 4 aliphatic rings. The van der Waals surface area contributed by atoms with E-state index >= 15 is 0 Å². The summed E-state index contributed by atoms with van der Waals surface area (Å²) in [4.78, 5) is 85.2. The van der Waals surface area contributed by atoms with Crippen LogP contribution in [0.1, 0.15) is 70.8 Å². The first-order valence-corrected chi connectivity index (χ1v) is 23.5. The minimum absolute atomic E-state index is 0.0510. The topological polar surface area (TPSA) is 202 Å². The minimum Gasteiger partial charge on any atom is -0.379 e. The van der Waals surface area contributed by atoms with Gasteiger partial charge in [-0.05, 0) is 85.8 Å². The predicted octanol–water partition coefficient (Wildman–Crippen LogP) is 4.24. The Bertz CT molecular complexity index is 2680. The van der Waals surface area contributed by atoms with Crippen molar-refractivity contribution in [2.75, 3.05) is 101 Å². The van der Waals surface area contributed by atoms with Gasteiger partial charge in [-0.3, -0.25) is 49.4 Å². The molecule has 7 heterocycles. The number of halogens is 1. The summed E-state index contributed by atoms with van der Waals surface area (Å²) in [6.45, 7) is 6.70. The van der Waals surface area contributed by atoms with E-state index in [-0.39, 0.29) is 54.8 Å². The molecule has 3 saturated heterocycles. The van der Waals surface area contributed by atoms with Crippen LogP contribution >= 0.6 is 0 Å². The SMILES string of the molecule is O=C(CCCOCCOCCOCCONc1ccc2c(c1)C(=O)N(C1CCC(=O)NC1=O)C2=O)CN1CCN(c2cccc(-c3cnc4ccc(N5CCC[C@@H]5c5cccc(F)c5)nn34)n2)CC1. The molecule has 4 aliphatic heterocycles. The van der Waals surface area contributed by atoms with Crippen molar-refractivity contribution < 1.29 is 47.4 Å². The van der Waals surface area contributed by atoms with Gasteiger partial charge in [0.2, 0.25) is 11.8 Å². The average molecular weight is 947 g/mol. The summed E-state index contributed by atoms with van der Waals surface area (Å²) in [6, 6.07) is 20.3. The Morgan fingerprint density at radius 3 is 2.33 bits per heavy atom. The summed E-state index contributed by atoms with van der Waals surface area (Å²) in [5, 5.41) is 7.19. The summed E-state index contributed by atoms with van der Waals surface area (Å²) >= 11 is 0. The monoisotopic (exact) mass is 946 g/mol. The number of hydrogen-bond acceptors (Lipinski definition) is 16. The standard InChI is InChI=1S/C49H55FN10O9/c50-34-6-1-5-33(29-34)40-9-3-17-58(40)45-15-14-43-51-31-42(60(43)54-45)39-8-2-10-44(52-39)57-20-18-56(19-21-57)32-36(61)7-4-22-66-23-24-67-25-26-68-27-28-69-55-35-11-12-37-38(30-35)49(65)59(48(37)64)41-13-16-46(62)53-47(41)63/h1-2,5-6,8,10-12,14-15,29-31,40-41,55H,3-4,7,9,13,16-28,32H2,(H,53,62,63)/t40-,41?/m1/s1. The highest BCUT2D eigenvalue weighted by atomic mass is 19.1. The number of anilines is 3. The van der Waals surface area contributed by atoms with Crippen LogP contribution in [0.25, 0.3) is 17.0 Å². The second-order valence-corrected chi connectivity index (χ2v) is 17.3. The molecule has 69 heavy (non-hydrogen) atoms. The van der Waals surface area contributed by atoms with E-state index < -0.39 is 29.7 Å². The normalized spacial score (nSPS) is 18.7. The minimum atomic E-state index is -1.03. The van der Waals surface area contributed by atoms with Crippen LogP contribution in [0.15, 0.2) is 79.0 Å². The van der Waals surface area contributed by atoms with Crippen LogP contribution in [0.5, 0.6) is 0 Å². The van der Waals surface area contributed by atoms with Crippen LogP contribution in [0, 0.1) is 5.82 Å². The number of Topliss-reactive ketones (excluding diaryl/α,β-unsaturated/α-hetero) is 1. The molecule has 5 aromatic rings. The molecule has 0 aliphatic carbocycles. The number of carbonyl (C=O) groups excluding carboxylic acids is 5. The number of rotatable bonds is 22. The molecule has 362 valence electrons. The number of amides is 4. The van der Waals surface area contributed by atoms with E-state index in [1.54, 1.807) is 24.4 Å². The number of ketones is 1. The van der Waals surface area contributed by atoms with E-state index in [0.29, 0.717) is 58.1 Å². The third-order valence-electron chi connectivity index (χ3n) is 12.7. The van der Waals surface area contributed by atoms with E-state index in [4.69, 9.17) is 29.1 Å². The van der Waals surface area contributed by atoms with Gasteiger partial charge in [-0.15, -0.1) is 5.10 Å². The molecular weight excluding hydrogens is 892 g/mol. The van der Waals surface area contributed by atoms with Gasteiger partial charge in [0, 0.05) is 52.2 Å². The van der Waals surface area contributed by atoms with Gasteiger partial charge < -0.3 is 24.0 Å². The molecule has 9 rings (SSSR count). The highest BCUT2D eigenvalue weighted by Gasteiger charge is 2.44. The van der Waals surface area contributed by atoms with Gasteiger partial charge in [-0.25, -0.2) is 18.9 Å². The average Bonchev–Trinajstić information content (AvgIpc) is 4.08. The summed E-state index contributed by atoms with van der Waals surface area (Å²) in [7, 11) is 0. The van der Waals surface area contributed by atoms with Crippen LogP contribution in [0.4, 0.5) is 21.7 Å². The van der Waals surface area contributed by atoms with Crippen molar-refractivity contribution in [2.24, 2.45) is 0 Å². The molecular formula is C49H55FN10O9. The molecule has 2 aromatic carbocycles. The Morgan fingerprint density at radius 1 is 0.768 bits per heavy atom. The van der Waals surface area contributed by atoms with E-state index in [2.05, 4.69) is 30.5 Å². The number of aromatic nitrogens is 4. The zero-order chi connectivity index (χ0) is 47.7. The van der Waals surface area contributed by atoms with E-state index in [1.807, 2.05) is 40.9 Å². The molecule has 0 spiro atoms. The molecule has 2 N–H and O–H groups in total. The Balaban J connectivity index is 0.611. The largest absolute Gasteiger partial charge is 0.379 e. The maximum atomic E-state index is 14.1. The maximum Gasteiger partial charge on any atom is 0.262 e. The zero-order valence-electron chi connectivity index (χ0n) is 38.2. The molecule has 3 fully saturated rings. The molecule has 1 unspecified atom stereocenters. The summed E-state index contributed by atoms with van der Waals surface area (Å²) in [6.07, 6.45) is 4.95. The molecule has 0 bridgehead atoms. The fourth-order valence-corrected chi connectivity index (χ4v) is 9.18. The number of piperazine rings is 1. The van der Waals surface area contributed by atoms with Gasteiger partial charge in [-0.1, -0.05) is 18.2 Å². The van der Waals surface area contributed by atoms with Crippen LogP contribution in [-0.2, 0) is 33.4 Å². The van der Waals surface area contributed by atoms with Crippen molar-refractivity contribution in [3.05, 3.63) is 102 Å². The van der Waals surface area contributed by atoms with Gasteiger partial charge in [-0.2, -0.15) is 0 Å². The highest BCUT2D eigenvalue weighted by molar-refractivity contribution is 6.23. The molecule has 3 aromatic heterocycles. The number of carbonyl (C=O) groups is 5. The van der Waals surface area contributed by atoms with E-state index in [9.17, 15) is 28.4 Å². The van der Waals surface area contributed by atoms with Gasteiger partial charge in [0.25, 0.3) is 11.8 Å². The Morgan fingerprint density at radius 2 is 1.54 bits per heavy atom. The number of benzene rings is 2. The first-order valence-electron chi connectivity index (χ1n) is 23.5. The van der Waals surface area contributed by atoms with Crippen molar-refractivity contribution in [3.8, 4) is 11.4 Å². The van der Waals surface area contributed by atoms with Gasteiger partial charge in [0.1, 0.15) is 35.0 Å². The number of imide groups is 2. The molecule has 2 atom stereocenters. The summed E-state index contributed by atoms with van der Waals surface area (Å²) in [5.41, 5.74) is 6.74. The van der Waals surface area contributed by atoms with Gasteiger partial charge in [0.15, 0.2) is 5.65 Å². The van der Waals surface area contributed by atoms with Gasteiger partial charge in [0.05, 0.1) is 80.9 Å². The quantitative estimate of drug-likeness (QED) is 0.0566. The number of pyridine rings is 1. The fourth-order valence-electron chi connectivity index (χ4n) is 9.18.